The third kappa shape index (κ3) is 4.14. The predicted molar refractivity (Wildman–Crippen MR) is 209 cm³/mol. The van der Waals surface area contributed by atoms with Crippen LogP contribution in [0.4, 0.5) is 0 Å². The highest BCUT2D eigenvalue weighted by atomic mass is 15.0. The van der Waals surface area contributed by atoms with E-state index in [1.165, 1.54) is 77.4 Å². The van der Waals surface area contributed by atoms with Crippen molar-refractivity contribution >= 4 is 21.8 Å². The minimum Gasteiger partial charge on any atom is -0.309 e. The van der Waals surface area contributed by atoms with Crippen LogP contribution in [-0.2, 0) is 5.41 Å². The Kier molecular flexibility index (Phi) is 6.47. The first-order valence-corrected chi connectivity index (χ1v) is 17.4. The van der Waals surface area contributed by atoms with Crippen LogP contribution in [0.1, 0.15) is 22.3 Å². The molecule has 0 spiro atoms. The summed E-state index contributed by atoms with van der Waals surface area (Å²) >= 11 is 0. The molecule has 1 aromatic heterocycles. The van der Waals surface area contributed by atoms with Crippen molar-refractivity contribution in [3.63, 3.8) is 0 Å². The molecule has 1 aliphatic carbocycles. The monoisotopic (exact) mass is 635 g/mol. The molecule has 9 aromatic rings. The lowest BCUT2D eigenvalue weighted by Crippen LogP contribution is -2.28. The molecule has 1 heterocycles. The Bertz CT molecular complexity index is 2570. The van der Waals surface area contributed by atoms with E-state index in [1.54, 1.807) is 0 Å². The fraction of sp³-hybridized carbons (Fsp3) is 0.0204. The Morgan fingerprint density at radius 1 is 0.360 bits per heavy atom. The highest BCUT2D eigenvalue weighted by molar-refractivity contribution is 6.16. The summed E-state index contributed by atoms with van der Waals surface area (Å²) in [5, 5.41) is 2.52. The molecular formula is C49H33N. The predicted octanol–water partition coefficient (Wildman–Crippen LogP) is 12.5. The molecule has 0 N–H and O–H groups in total. The van der Waals surface area contributed by atoms with Gasteiger partial charge in [0.1, 0.15) is 0 Å². The van der Waals surface area contributed by atoms with Gasteiger partial charge >= 0.3 is 0 Å². The zero-order chi connectivity index (χ0) is 33.1. The SMILES string of the molecule is c1ccc(-c2cc(-c3ccccc3)cc(-n3c4ccccc4c4ccc5c(c43)-c3ccccc3C5(c3ccccc3)c3ccccc3)c2)cc1. The van der Waals surface area contributed by atoms with Gasteiger partial charge in [0, 0.05) is 22.0 Å². The quantitative estimate of drug-likeness (QED) is 0.177. The largest absolute Gasteiger partial charge is 0.309 e. The van der Waals surface area contributed by atoms with Gasteiger partial charge in [0.2, 0.25) is 0 Å². The molecule has 0 amide bonds. The summed E-state index contributed by atoms with van der Waals surface area (Å²) in [5.74, 6) is 0. The maximum absolute atomic E-state index is 2.53. The lowest BCUT2D eigenvalue weighted by atomic mass is 9.67. The number of hydrogen-bond donors (Lipinski definition) is 0. The van der Waals surface area contributed by atoms with E-state index in [-0.39, 0.29) is 0 Å². The fourth-order valence-electron chi connectivity index (χ4n) is 8.58. The van der Waals surface area contributed by atoms with Gasteiger partial charge in [-0.05, 0) is 74.3 Å². The molecule has 1 heteroatoms. The maximum Gasteiger partial charge on any atom is 0.0714 e. The van der Waals surface area contributed by atoms with Gasteiger partial charge in [0.05, 0.1) is 16.4 Å². The average Bonchev–Trinajstić information content (AvgIpc) is 3.70. The molecule has 10 rings (SSSR count). The summed E-state index contributed by atoms with van der Waals surface area (Å²) in [6.07, 6.45) is 0. The number of benzene rings is 8. The fourth-order valence-corrected chi connectivity index (χ4v) is 8.58. The highest BCUT2D eigenvalue weighted by Gasteiger charge is 2.47. The van der Waals surface area contributed by atoms with E-state index in [4.69, 9.17) is 0 Å². The van der Waals surface area contributed by atoms with Crippen LogP contribution >= 0.6 is 0 Å². The van der Waals surface area contributed by atoms with Gasteiger partial charge in [-0.2, -0.15) is 0 Å². The standard InChI is InChI=1S/C49H33N/c1-5-17-34(18-6-1)36-31-37(35-19-7-2-8-20-35)33-40(32-36)50-46-28-16-14-25-41(46)42-29-30-45-47(48(42)50)43-26-13-15-27-44(43)49(45,38-21-9-3-10-22-38)39-23-11-4-12-24-39/h1-33H. The van der Waals surface area contributed by atoms with Crippen molar-refractivity contribution in [3.05, 3.63) is 222 Å². The molecule has 234 valence electrons. The van der Waals surface area contributed by atoms with E-state index in [2.05, 4.69) is 205 Å². The van der Waals surface area contributed by atoms with Crippen molar-refractivity contribution in [2.75, 3.05) is 0 Å². The van der Waals surface area contributed by atoms with Crippen molar-refractivity contribution in [2.24, 2.45) is 0 Å². The molecule has 1 nitrogen and oxygen atoms in total. The summed E-state index contributed by atoms with van der Waals surface area (Å²) in [6.45, 7) is 0. The second kappa shape index (κ2) is 11.3. The van der Waals surface area contributed by atoms with Crippen molar-refractivity contribution in [1.29, 1.82) is 0 Å². The number of nitrogens with zero attached hydrogens (tertiary/aromatic N) is 1. The van der Waals surface area contributed by atoms with Gasteiger partial charge in [-0.1, -0.05) is 176 Å². The topological polar surface area (TPSA) is 4.93 Å². The van der Waals surface area contributed by atoms with Gasteiger partial charge < -0.3 is 4.57 Å². The molecule has 0 radical (unpaired) electrons. The van der Waals surface area contributed by atoms with Crippen LogP contribution in [0.15, 0.2) is 200 Å². The van der Waals surface area contributed by atoms with Gasteiger partial charge in [-0.25, -0.2) is 0 Å². The van der Waals surface area contributed by atoms with E-state index in [0.29, 0.717) is 0 Å². The Labute approximate surface area is 292 Å². The van der Waals surface area contributed by atoms with Crippen LogP contribution in [0.2, 0.25) is 0 Å². The zero-order valence-electron chi connectivity index (χ0n) is 27.5. The summed E-state index contributed by atoms with van der Waals surface area (Å²) in [4.78, 5) is 0. The van der Waals surface area contributed by atoms with E-state index in [0.717, 1.165) is 5.69 Å². The molecule has 1 aliphatic rings. The molecule has 0 atom stereocenters. The maximum atomic E-state index is 2.53. The second-order valence-corrected chi connectivity index (χ2v) is 13.3. The Hall–Kier alpha value is -6.44. The van der Waals surface area contributed by atoms with Gasteiger partial charge in [-0.15, -0.1) is 0 Å². The number of fused-ring (bicyclic) bond motifs is 7. The lowest BCUT2D eigenvalue weighted by Gasteiger charge is -2.33. The van der Waals surface area contributed by atoms with Crippen LogP contribution in [0.25, 0.3) is 60.9 Å². The summed E-state index contributed by atoms with van der Waals surface area (Å²) in [7, 11) is 0. The summed E-state index contributed by atoms with van der Waals surface area (Å²) in [6, 6.07) is 73.5. The highest BCUT2D eigenvalue weighted by Crippen LogP contribution is 2.58. The number of hydrogen-bond acceptors (Lipinski definition) is 0. The summed E-state index contributed by atoms with van der Waals surface area (Å²) < 4.78 is 2.53. The normalized spacial score (nSPS) is 13.0. The number of rotatable bonds is 5. The average molecular weight is 636 g/mol. The van der Waals surface area contributed by atoms with E-state index in [1.807, 2.05) is 0 Å². The Morgan fingerprint density at radius 3 is 1.50 bits per heavy atom. The molecule has 0 bridgehead atoms. The van der Waals surface area contributed by atoms with Crippen LogP contribution < -0.4 is 0 Å². The first-order chi connectivity index (χ1) is 24.8. The van der Waals surface area contributed by atoms with Crippen LogP contribution in [0.3, 0.4) is 0 Å². The van der Waals surface area contributed by atoms with Crippen molar-refractivity contribution in [1.82, 2.24) is 4.57 Å². The van der Waals surface area contributed by atoms with E-state index >= 15 is 0 Å². The van der Waals surface area contributed by atoms with Crippen molar-refractivity contribution in [2.45, 2.75) is 5.41 Å². The van der Waals surface area contributed by atoms with Crippen LogP contribution in [-0.4, -0.2) is 4.57 Å². The second-order valence-electron chi connectivity index (χ2n) is 13.3. The number of para-hydroxylation sites is 1. The Balaban J connectivity index is 1.37. The molecule has 0 aliphatic heterocycles. The third-order valence-corrected chi connectivity index (χ3v) is 10.6. The first kappa shape index (κ1) is 28.6. The van der Waals surface area contributed by atoms with Gasteiger partial charge in [-0.3, -0.25) is 0 Å². The van der Waals surface area contributed by atoms with Crippen LogP contribution in [0.5, 0.6) is 0 Å². The third-order valence-electron chi connectivity index (χ3n) is 10.6. The Morgan fingerprint density at radius 2 is 0.880 bits per heavy atom. The zero-order valence-corrected chi connectivity index (χ0v) is 27.5. The minimum absolute atomic E-state index is 0.467. The van der Waals surface area contributed by atoms with E-state index < -0.39 is 5.41 Å². The van der Waals surface area contributed by atoms with Gasteiger partial charge in [0.15, 0.2) is 0 Å². The first-order valence-electron chi connectivity index (χ1n) is 17.4. The van der Waals surface area contributed by atoms with Crippen molar-refractivity contribution in [3.8, 4) is 39.1 Å². The molecule has 0 unspecified atom stereocenters. The summed E-state index contributed by atoms with van der Waals surface area (Å²) in [5.41, 5.74) is 15.7. The molecule has 50 heavy (non-hydrogen) atoms. The molecule has 8 aromatic carbocycles. The smallest absolute Gasteiger partial charge is 0.0714 e. The van der Waals surface area contributed by atoms with E-state index in [9.17, 15) is 0 Å². The molecule has 0 saturated carbocycles. The molecule has 0 fully saturated rings. The minimum atomic E-state index is -0.467. The van der Waals surface area contributed by atoms with Crippen LogP contribution in [0, 0.1) is 0 Å². The number of aromatic nitrogens is 1. The lowest BCUT2D eigenvalue weighted by molar-refractivity contribution is 0.769. The van der Waals surface area contributed by atoms with Gasteiger partial charge in [0.25, 0.3) is 0 Å². The molecular weight excluding hydrogens is 603 g/mol. The molecule has 0 saturated heterocycles. The van der Waals surface area contributed by atoms with Crippen molar-refractivity contribution < 1.29 is 0 Å².